The molecule has 0 saturated heterocycles. The molecule has 2 N–H and O–H groups in total. The minimum Gasteiger partial charge on any atom is -0.327 e. The molecule has 16 heavy (non-hydrogen) atoms. The Morgan fingerprint density at radius 1 is 1.38 bits per heavy atom. The summed E-state index contributed by atoms with van der Waals surface area (Å²) in [6, 6.07) is 8.81. The molecule has 1 rings (SSSR count). The van der Waals surface area contributed by atoms with E-state index in [1.807, 2.05) is 11.8 Å². The van der Waals surface area contributed by atoms with Crippen LogP contribution in [0.5, 0.6) is 0 Å². The fourth-order valence-electron chi connectivity index (χ4n) is 1.39. The van der Waals surface area contributed by atoms with Crippen LogP contribution in [-0.2, 0) is 0 Å². The molecule has 0 radical (unpaired) electrons. The lowest BCUT2D eigenvalue weighted by molar-refractivity contribution is 0.641. The maximum atomic E-state index is 6.00. The molecule has 1 unspecified atom stereocenters. The maximum absolute atomic E-state index is 6.00. The van der Waals surface area contributed by atoms with Crippen LogP contribution in [0.2, 0.25) is 0 Å². The number of hydrogen-bond acceptors (Lipinski definition) is 2. The highest BCUT2D eigenvalue weighted by atomic mass is 32.2. The largest absolute Gasteiger partial charge is 0.327 e. The molecule has 0 bridgehead atoms. The Labute approximate surface area is 103 Å². The quantitative estimate of drug-likeness (QED) is 0.464. The van der Waals surface area contributed by atoms with Gasteiger partial charge in [0.2, 0.25) is 0 Å². The van der Waals surface area contributed by atoms with Gasteiger partial charge < -0.3 is 5.73 Å². The summed E-state index contributed by atoms with van der Waals surface area (Å²) in [6.45, 7) is 2.10. The van der Waals surface area contributed by atoms with Crippen LogP contribution >= 0.6 is 11.8 Å². The predicted molar refractivity (Wildman–Crippen MR) is 72.6 cm³/mol. The number of nitrogens with two attached hydrogens (primary N) is 1. The molecule has 0 saturated carbocycles. The van der Waals surface area contributed by atoms with Crippen LogP contribution < -0.4 is 5.73 Å². The molecule has 2 heteroatoms. The average molecular weight is 233 g/mol. The normalized spacial score (nSPS) is 12.1. The van der Waals surface area contributed by atoms with E-state index < -0.39 is 0 Å². The van der Waals surface area contributed by atoms with Crippen LogP contribution in [0.1, 0.15) is 24.8 Å². The van der Waals surface area contributed by atoms with Crippen molar-refractivity contribution in [3.8, 4) is 12.3 Å². The lowest BCUT2D eigenvalue weighted by atomic mass is 10.1. The second kappa shape index (κ2) is 7.38. The molecule has 0 aliphatic carbocycles. The summed E-state index contributed by atoms with van der Waals surface area (Å²) < 4.78 is 0. The Bertz CT molecular complexity index is 337. The van der Waals surface area contributed by atoms with E-state index in [4.69, 9.17) is 12.2 Å². The summed E-state index contributed by atoms with van der Waals surface area (Å²) in [5.74, 6) is 3.61. The highest BCUT2D eigenvalue weighted by Crippen LogP contribution is 2.19. The zero-order chi connectivity index (χ0) is 11.8. The van der Waals surface area contributed by atoms with Gasteiger partial charge in [-0.05, 0) is 31.9 Å². The zero-order valence-corrected chi connectivity index (χ0v) is 10.6. The van der Waals surface area contributed by atoms with Crippen LogP contribution in [-0.4, -0.2) is 11.8 Å². The molecule has 0 heterocycles. The van der Waals surface area contributed by atoms with Crippen molar-refractivity contribution in [1.29, 1.82) is 0 Å². The number of thioether (sulfide) groups is 1. The summed E-state index contributed by atoms with van der Waals surface area (Å²) >= 11 is 1.82. The molecule has 86 valence electrons. The third kappa shape index (κ3) is 5.25. The zero-order valence-electron chi connectivity index (χ0n) is 9.78. The summed E-state index contributed by atoms with van der Waals surface area (Å²) in [6.07, 6.45) is 8.08. The first-order chi connectivity index (χ1) is 7.72. The van der Waals surface area contributed by atoms with Crippen molar-refractivity contribution in [3.05, 3.63) is 29.8 Å². The van der Waals surface area contributed by atoms with Crippen molar-refractivity contribution >= 4 is 11.8 Å². The van der Waals surface area contributed by atoms with E-state index in [1.54, 1.807) is 0 Å². The lowest BCUT2D eigenvalue weighted by Crippen LogP contribution is -2.22. The van der Waals surface area contributed by atoms with Gasteiger partial charge in [-0.25, -0.2) is 0 Å². The third-order valence-corrected chi connectivity index (χ3v) is 3.58. The number of unbranched alkanes of at least 4 members (excludes halogenated alkanes) is 1. The highest BCUT2D eigenvalue weighted by Gasteiger charge is 2.02. The monoisotopic (exact) mass is 233 g/mol. The fraction of sp³-hybridized carbons (Fsp3) is 0.429. The van der Waals surface area contributed by atoms with Crippen molar-refractivity contribution in [2.45, 2.75) is 37.1 Å². The smallest absolute Gasteiger partial charge is 0.0134 e. The van der Waals surface area contributed by atoms with Crippen molar-refractivity contribution in [2.24, 2.45) is 5.73 Å². The topological polar surface area (TPSA) is 26.0 Å². The summed E-state index contributed by atoms with van der Waals surface area (Å²) in [4.78, 5) is 1.29. The van der Waals surface area contributed by atoms with Gasteiger partial charge in [-0.15, -0.1) is 24.1 Å². The van der Waals surface area contributed by atoms with E-state index >= 15 is 0 Å². The van der Waals surface area contributed by atoms with E-state index in [1.165, 1.54) is 10.5 Å². The van der Waals surface area contributed by atoms with Crippen LogP contribution in [0.3, 0.4) is 0 Å². The van der Waals surface area contributed by atoms with Crippen molar-refractivity contribution in [1.82, 2.24) is 0 Å². The molecular weight excluding hydrogens is 214 g/mol. The second-order valence-corrected chi connectivity index (χ2v) is 5.07. The maximum Gasteiger partial charge on any atom is 0.0134 e. The van der Waals surface area contributed by atoms with Gasteiger partial charge in [0.25, 0.3) is 0 Å². The molecule has 0 aliphatic rings. The Balaban J connectivity index is 2.23. The summed E-state index contributed by atoms with van der Waals surface area (Å²) in [5.41, 5.74) is 7.30. The molecule has 0 aliphatic heterocycles. The number of aryl methyl sites for hydroxylation is 1. The Morgan fingerprint density at radius 2 is 2.06 bits per heavy atom. The van der Waals surface area contributed by atoms with Gasteiger partial charge in [0.15, 0.2) is 0 Å². The molecule has 0 aromatic heterocycles. The minimum absolute atomic E-state index is 0.250. The molecule has 0 amide bonds. The molecular formula is C14H19NS. The lowest BCUT2D eigenvalue weighted by Gasteiger charge is -2.10. The van der Waals surface area contributed by atoms with Gasteiger partial charge in [0.1, 0.15) is 0 Å². The van der Waals surface area contributed by atoms with Crippen LogP contribution in [0.25, 0.3) is 0 Å². The molecule has 0 fully saturated rings. The Hall–Kier alpha value is -0.910. The second-order valence-electron chi connectivity index (χ2n) is 3.98. The van der Waals surface area contributed by atoms with Crippen molar-refractivity contribution < 1.29 is 0 Å². The number of rotatable bonds is 6. The highest BCUT2D eigenvalue weighted by molar-refractivity contribution is 7.99. The van der Waals surface area contributed by atoms with Crippen LogP contribution in [0.4, 0.5) is 0 Å². The van der Waals surface area contributed by atoms with E-state index in [0.29, 0.717) is 0 Å². The molecule has 1 aromatic rings. The van der Waals surface area contributed by atoms with E-state index in [-0.39, 0.29) is 6.04 Å². The number of hydrogen-bond donors (Lipinski definition) is 1. The number of benzene rings is 1. The van der Waals surface area contributed by atoms with Gasteiger partial charge in [-0.2, -0.15) is 0 Å². The standard InChI is InChI=1S/C14H19NS/c1-3-4-5-6-13(15)11-16-14-9-7-12(2)8-10-14/h1,7-10,13H,4-6,11,15H2,2H3. The minimum atomic E-state index is 0.250. The SMILES string of the molecule is C#CCCCC(N)CSc1ccc(C)cc1. The van der Waals surface area contributed by atoms with E-state index in [0.717, 1.165) is 25.0 Å². The van der Waals surface area contributed by atoms with E-state index in [2.05, 4.69) is 37.1 Å². The first-order valence-corrected chi connectivity index (χ1v) is 6.59. The molecule has 1 nitrogen and oxygen atoms in total. The predicted octanol–water partition coefficient (Wildman–Crippen LogP) is 3.22. The molecule has 1 aromatic carbocycles. The summed E-state index contributed by atoms with van der Waals surface area (Å²) in [5, 5.41) is 0. The Kier molecular flexibility index (Phi) is 6.07. The molecule has 1 atom stereocenters. The van der Waals surface area contributed by atoms with Gasteiger partial charge in [0, 0.05) is 23.1 Å². The third-order valence-electron chi connectivity index (χ3n) is 2.38. The van der Waals surface area contributed by atoms with E-state index in [9.17, 15) is 0 Å². The Morgan fingerprint density at radius 3 is 2.69 bits per heavy atom. The molecule has 0 spiro atoms. The van der Waals surface area contributed by atoms with Crippen molar-refractivity contribution in [3.63, 3.8) is 0 Å². The fourth-order valence-corrected chi connectivity index (χ4v) is 2.29. The number of terminal acetylenes is 1. The van der Waals surface area contributed by atoms with Crippen LogP contribution in [0, 0.1) is 19.3 Å². The van der Waals surface area contributed by atoms with Crippen LogP contribution in [0.15, 0.2) is 29.2 Å². The van der Waals surface area contributed by atoms with Gasteiger partial charge in [-0.1, -0.05) is 17.7 Å². The van der Waals surface area contributed by atoms with Gasteiger partial charge >= 0.3 is 0 Å². The van der Waals surface area contributed by atoms with Gasteiger partial charge in [-0.3, -0.25) is 0 Å². The summed E-state index contributed by atoms with van der Waals surface area (Å²) in [7, 11) is 0. The average Bonchev–Trinajstić information content (AvgIpc) is 2.29. The first kappa shape index (κ1) is 13.2. The van der Waals surface area contributed by atoms with Gasteiger partial charge in [0.05, 0.1) is 0 Å². The van der Waals surface area contributed by atoms with Crippen molar-refractivity contribution in [2.75, 3.05) is 5.75 Å². The first-order valence-electron chi connectivity index (χ1n) is 5.61.